The molecular weight excluding hydrogens is 342 g/mol. The Hall–Kier alpha value is -2.96. The Morgan fingerprint density at radius 3 is 2.93 bits per heavy atom. The monoisotopic (exact) mass is 363 g/mol. The Kier molecular flexibility index (Phi) is 3.99. The number of benzene rings is 1. The molecule has 3 aromatic rings. The summed E-state index contributed by atoms with van der Waals surface area (Å²) in [7, 11) is 0. The van der Waals surface area contributed by atoms with E-state index in [9.17, 15) is 4.79 Å². The van der Waals surface area contributed by atoms with Crippen molar-refractivity contribution in [3.63, 3.8) is 0 Å². The van der Waals surface area contributed by atoms with Gasteiger partial charge in [-0.2, -0.15) is 10.1 Å². The molecule has 1 aliphatic carbocycles. The molecule has 5 rings (SSSR count). The van der Waals surface area contributed by atoms with Gasteiger partial charge in [0, 0.05) is 36.7 Å². The second-order valence-corrected chi connectivity index (χ2v) is 7.36. The van der Waals surface area contributed by atoms with E-state index in [1.807, 2.05) is 35.2 Å². The molecule has 1 atom stereocenters. The average molecular weight is 363 g/mol. The molecule has 7 heteroatoms. The summed E-state index contributed by atoms with van der Waals surface area (Å²) in [5, 5.41) is 11.7. The Labute approximate surface area is 156 Å². The highest BCUT2D eigenvalue weighted by molar-refractivity contribution is 5.79. The molecule has 1 unspecified atom stereocenters. The van der Waals surface area contributed by atoms with Crippen LogP contribution in [0, 0.1) is 0 Å². The molecule has 1 N–H and O–H groups in total. The van der Waals surface area contributed by atoms with Gasteiger partial charge >= 0.3 is 0 Å². The fourth-order valence-corrected chi connectivity index (χ4v) is 4.06. The van der Waals surface area contributed by atoms with Crippen LogP contribution in [0.2, 0.25) is 0 Å². The number of hydrogen-bond donors (Lipinski definition) is 1. The predicted molar refractivity (Wildman–Crippen MR) is 97.7 cm³/mol. The van der Waals surface area contributed by atoms with E-state index in [-0.39, 0.29) is 11.8 Å². The second kappa shape index (κ2) is 6.64. The second-order valence-electron chi connectivity index (χ2n) is 7.36. The van der Waals surface area contributed by atoms with Crippen LogP contribution < -0.4 is 0 Å². The van der Waals surface area contributed by atoms with Crippen molar-refractivity contribution in [1.29, 1.82) is 0 Å². The maximum atomic E-state index is 12.4. The van der Waals surface area contributed by atoms with Gasteiger partial charge in [0.2, 0.25) is 5.91 Å². The van der Waals surface area contributed by atoms with Gasteiger partial charge < -0.3 is 9.42 Å². The molecule has 7 nitrogen and oxygen atoms in total. The lowest BCUT2D eigenvalue weighted by atomic mass is 9.96. The van der Waals surface area contributed by atoms with E-state index in [4.69, 9.17) is 4.52 Å². The number of rotatable bonds is 4. The summed E-state index contributed by atoms with van der Waals surface area (Å²) >= 11 is 0. The zero-order valence-corrected chi connectivity index (χ0v) is 15.0. The van der Waals surface area contributed by atoms with Gasteiger partial charge in [0.1, 0.15) is 0 Å². The van der Waals surface area contributed by atoms with Crippen molar-refractivity contribution in [3.8, 4) is 11.6 Å². The zero-order valence-electron chi connectivity index (χ0n) is 15.0. The first-order chi connectivity index (χ1) is 13.3. The Morgan fingerprint density at radius 1 is 1.19 bits per heavy atom. The van der Waals surface area contributed by atoms with Crippen LogP contribution in [0.3, 0.4) is 0 Å². The number of aromatic nitrogens is 4. The van der Waals surface area contributed by atoms with E-state index in [2.05, 4.69) is 20.3 Å². The molecule has 0 saturated carbocycles. The maximum absolute atomic E-state index is 12.4. The average Bonchev–Trinajstić information content (AvgIpc) is 3.41. The molecule has 0 radical (unpaired) electrons. The van der Waals surface area contributed by atoms with E-state index < -0.39 is 0 Å². The summed E-state index contributed by atoms with van der Waals surface area (Å²) in [5.41, 5.74) is 4.28. The predicted octanol–water partition coefficient (Wildman–Crippen LogP) is 2.85. The number of amides is 1. The Morgan fingerprint density at radius 2 is 2.04 bits per heavy atom. The maximum Gasteiger partial charge on any atom is 0.278 e. The molecule has 0 bridgehead atoms. The normalized spacial score (nSPS) is 19.5. The van der Waals surface area contributed by atoms with Crippen molar-refractivity contribution in [2.75, 3.05) is 6.54 Å². The van der Waals surface area contributed by atoms with Gasteiger partial charge in [0.25, 0.3) is 5.89 Å². The molecule has 1 aromatic carbocycles. The Bertz CT molecular complexity index is 962. The smallest absolute Gasteiger partial charge is 0.278 e. The highest BCUT2D eigenvalue weighted by Gasteiger charge is 2.34. The van der Waals surface area contributed by atoms with Gasteiger partial charge in [0.05, 0.1) is 0 Å². The van der Waals surface area contributed by atoms with E-state index in [0.717, 1.165) is 30.5 Å². The first-order valence-corrected chi connectivity index (χ1v) is 9.49. The van der Waals surface area contributed by atoms with E-state index in [1.165, 1.54) is 17.7 Å². The van der Waals surface area contributed by atoms with Gasteiger partial charge in [-0.1, -0.05) is 35.5 Å². The highest BCUT2D eigenvalue weighted by atomic mass is 16.5. The lowest BCUT2D eigenvalue weighted by Gasteiger charge is -2.15. The molecule has 27 heavy (non-hydrogen) atoms. The fraction of sp³-hybridized carbons (Fsp3) is 0.400. The minimum atomic E-state index is -0.0338. The quantitative estimate of drug-likeness (QED) is 0.770. The van der Waals surface area contributed by atoms with Crippen molar-refractivity contribution in [3.05, 3.63) is 53.0 Å². The number of carbonyl (C=O) groups excluding carboxylic acids is 1. The summed E-state index contributed by atoms with van der Waals surface area (Å²) < 4.78 is 5.50. The number of aryl methyl sites for hydroxylation is 1. The van der Waals surface area contributed by atoms with Crippen molar-refractivity contribution in [1.82, 2.24) is 25.2 Å². The number of aromatic amines is 1. The van der Waals surface area contributed by atoms with Gasteiger partial charge in [-0.3, -0.25) is 9.89 Å². The van der Waals surface area contributed by atoms with Crippen LogP contribution in [0.4, 0.5) is 0 Å². The van der Waals surface area contributed by atoms with E-state index in [0.29, 0.717) is 31.2 Å². The molecule has 2 aromatic heterocycles. The van der Waals surface area contributed by atoms with Gasteiger partial charge in [0.15, 0.2) is 11.5 Å². The largest absolute Gasteiger partial charge is 0.338 e. The minimum Gasteiger partial charge on any atom is -0.338 e. The van der Waals surface area contributed by atoms with Gasteiger partial charge in [-0.05, 0) is 31.2 Å². The molecule has 1 amide bonds. The molecule has 1 fully saturated rings. The first-order valence-electron chi connectivity index (χ1n) is 9.49. The molecule has 0 spiro atoms. The Balaban J connectivity index is 1.33. The highest BCUT2D eigenvalue weighted by Crippen LogP contribution is 2.32. The van der Waals surface area contributed by atoms with Crippen molar-refractivity contribution < 1.29 is 9.32 Å². The van der Waals surface area contributed by atoms with E-state index in [1.54, 1.807) is 0 Å². The van der Waals surface area contributed by atoms with Crippen LogP contribution in [0.15, 0.2) is 34.9 Å². The summed E-state index contributed by atoms with van der Waals surface area (Å²) in [5.74, 6) is 1.15. The lowest BCUT2D eigenvalue weighted by molar-refractivity contribution is -0.128. The lowest BCUT2D eigenvalue weighted by Crippen LogP contribution is -2.24. The third-order valence-corrected chi connectivity index (χ3v) is 5.50. The third-order valence-electron chi connectivity index (χ3n) is 5.50. The van der Waals surface area contributed by atoms with Crippen molar-refractivity contribution in [2.45, 2.75) is 44.6 Å². The summed E-state index contributed by atoms with van der Waals surface area (Å²) in [6.07, 6.45) is 4.78. The number of H-pyrrole nitrogens is 1. The molecule has 138 valence electrons. The first kappa shape index (κ1) is 16.2. The number of nitrogens with one attached hydrogen (secondary N) is 1. The molecule has 1 saturated heterocycles. The van der Waals surface area contributed by atoms with Gasteiger partial charge in [-0.15, -0.1) is 0 Å². The molecule has 2 aliphatic rings. The van der Waals surface area contributed by atoms with Crippen LogP contribution in [-0.4, -0.2) is 37.7 Å². The third kappa shape index (κ3) is 3.03. The topological polar surface area (TPSA) is 87.9 Å². The SMILES string of the molecule is O=C1CC(c2noc(-c3n[nH]c4c3CCCC4)n2)CN1Cc1ccccc1. The van der Waals surface area contributed by atoms with Crippen molar-refractivity contribution >= 4 is 5.91 Å². The number of likely N-dealkylation sites (tertiary alicyclic amines) is 1. The summed E-state index contributed by atoms with van der Waals surface area (Å²) in [6.45, 7) is 1.24. The number of hydrogen-bond acceptors (Lipinski definition) is 5. The van der Waals surface area contributed by atoms with Crippen LogP contribution >= 0.6 is 0 Å². The summed E-state index contributed by atoms with van der Waals surface area (Å²) in [6, 6.07) is 10.0. The van der Waals surface area contributed by atoms with Gasteiger partial charge in [-0.25, -0.2) is 0 Å². The summed E-state index contributed by atoms with van der Waals surface area (Å²) in [4.78, 5) is 18.9. The van der Waals surface area contributed by atoms with Crippen LogP contribution in [0.1, 0.15) is 47.8 Å². The van der Waals surface area contributed by atoms with Crippen LogP contribution in [0.25, 0.3) is 11.6 Å². The molecular formula is C20H21N5O2. The fourth-order valence-electron chi connectivity index (χ4n) is 4.06. The molecule has 1 aliphatic heterocycles. The number of nitrogens with zero attached hydrogens (tertiary/aromatic N) is 4. The zero-order chi connectivity index (χ0) is 18.2. The van der Waals surface area contributed by atoms with Crippen LogP contribution in [-0.2, 0) is 24.2 Å². The van der Waals surface area contributed by atoms with Crippen molar-refractivity contribution in [2.24, 2.45) is 0 Å². The minimum absolute atomic E-state index is 0.0338. The number of carbonyl (C=O) groups is 1. The van der Waals surface area contributed by atoms with Crippen LogP contribution in [0.5, 0.6) is 0 Å². The van der Waals surface area contributed by atoms with E-state index >= 15 is 0 Å². The molecule has 3 heterocycles. The standard InChI is InChI=1S/C20H21N5O2/c26-17-10-14(12-25(17)11-13-6-2-1-3-7-13)19-21-20(27-24-19)18-15-8-4-5-9-16(15)22-23-18/h1-3,6-7,14H,4-5,8-12H2,(H,22,23). The number of fused-ring (bicyclic) bond motifs is 1.